The van der Waals surface area contributed by atoms with Gasteiger partial charge in [-0.3, -0.25) is 4.21 Å². The number of nitrogen functional groups attached to an aromatic ring is 1. The third-order valence-corrected chi connectivity index (χ3v) is 4.15. The fraction of sp³-hybridized carbons (Fsp3) is 0.143. The van der Waals surface area contributed by atoms with Gasteiger partial charge in [-0.25, -0.2) is 8.78 Å². The molecule has 2 N–H and O–H groups in total. The largest absolute Gasteiger partial charge is 0.495 e. The quantitative estimate of drug-likeness (QED) is 0.883. The fourth-order valence-corrected chi connectivity index (χ4v) is 3.03. The predicted octanol–water partition coefficient (Wildman–Crippen LogP) is 2.86. The van der Waals surface area contributed by atoms with Gasteiger partial charge >= 0.3 is 0 Å². The zero-order chi connectivity index (χ0) is 14.7. The molecule has 0 fully saturated rings. The van der Waals surface area contributed by atoms with Gasteiger partial charge in [0.15, 0.2) is 0 Å². The zero-order valence-corrected chi connectivity index (χ0v) is 11.5. The highest BCUT2D eigenvalue weighted by atomic mass is 32.2. The number of ether oxygens (including phenoxy) is 1. The van der Waals surface area contributed by atoms with Gasteiger partial charge in [0.25, 0.3) is 0 Å². The van der Waals surface area contributed by atoms with Crippen LogP contribution in [0.3, 0.4) is 0 Å². The molecule has 2 aromatic rings. The molecule has 20 heavy (non-hydrogen) atoms. The zero-order valence-electron chi connectivity index (χ0n) is 10.7. The summed E-state index contributed by atoms with van der Waals surface area (Å²) in [6.07, 6.45) is 0. The molecule has 2 rings (SSSR count). The Kier molecular flexibility index (Phi) is 4.34. The number of methoxy groups -OCH3 is 1. The van der Waals surface area contributed by atoms with Crippen molar-refractivity contribution < 1.29 is 17.7 Å². The van der Waals surface area contributed by atoms with Crippen LogP contribution in [-0.2, 0) is 16.6 Å². The minimum atomic E-state index is -1.64. The Hall–Kier alpha value is -1.95. The van der Waals surface area contributed by atoms with Crippen LogP contribution in [0.15, 0.2) is 41.3 Å². The molecule has 0 aliphatic carbocycles. The van der Waals surface area contributed by atoms with Gasteiger partial charge in [0.05, 0.1) is 28.6 Å². The van der Waals surface area contributed by atoms with Crippen molar-refractivity contribution in [3.63, 3.8) is 0 Å². The van der Waals surface area contributed by atoms with E-state index in [1.54, 1.807) is 6.07 Å². The first-order valence-electron chi connectivity index (χ1n) is 5.77. The number of rotatable bonds is 4. The van der Waals surface area contributed by atoms with Crippen molar-refractivity contribution in [1.82, 2.24) is 0 Å². The van der Waals surface area contributed by atoms with Crippen LogP contribution in [0.4, 0.5) is 14.5 Å². The number of hydrogen-bond donors (Lipinski definition) is 1. The molecular weight excluding hydrogens is 284 g/mol. The van der Waals surface area contributed by atoms with Crippen molar-refractivity contribution in [2.75, 3.05) is 12.8 Å². The first-order chi connectivity index (χ1) is 9.52. The van der Waals surface area contributed by atoms with Gasteiger partial charge in [-0.05, 0) is 24.3 Å². The lowest BCUT2D eigenvalue weighted by Crippen LogP contribution is -2.04. The van der Waals surface area contributed by atoms with E-state index in [0.717, 1.165) is 12.1 Å². The molecule has 0 radical (unpaired) electrons. The van der Waals surface area contributed by atoms with Crippen LogP contribution in [0.1, 0.15) is 5.56 Å². The second-order valence-electron chi connectivity index (χ2n) is 4.10. The smallest absolute Gasteiger partial charge is 0.137 e. The van der Waals surface area contributed by atoms with Gasteiger partial charge in [-0.2, -0.15) is 0 Å². The molecule has 2 aromatic carbocycles. The molecule has 106 valence electrons. The van der Waals surface area contributed by atoms with Crippen molar-refractivity contribution in [3.8, 4) is 5.75 Å². The van der Waals surface area contributed by atoms with Crippen LogP contribution in [0.25, 0.3) is 0 Å². The molecule has 0 bridgehead atoms. The Morgan fingerprint density at radius 1 is 1.20 bits per heavy atom. The van der Waals surface area contributed by atoms with Crippen LogP contribution < -0.4 is 10.5 Å². The van der Waals surface area contributed by atoms with Crippen LogP contribution in [0, 0.1) is 11.6 Å². The SMILES string of the molecule is COc1cc(N)ccc1S(=O)Cc1c(F)cccc1F. The summed E-state index contributed by atoms with van der Waals surface area (Å²) in [4.78, 5) is 0.351. The summed E-state index contributed by atoms with van der Waals surface area (Å²) in [6.45, 7) is 0. The monoisotopic (exact) mass is 297 g/mol. The molecule has 1 unspecified atom stereocenters. The molecule has 0 amide bonds. The van der Waals surface area contributed by atoms with Crippen molar-refractivity contribution in [1.29, 1.82) is 0 Å². The minimum Gasteiger partial charge on any atom is -0.495 e. The summed E-state index contributed by atoms with van der Waals surface area (Å²) in [5, 5.41) is 0. The van der Waals surface area contributed by atoms with E-state index in [2.05, 4.69) is 0 Å². The molecule has 0 heterocycles. The topological polar surface area (TPSA) is 52.3 Å². The van der Waals surface area contributed by atoms with Crippen molar-refractivity contribution in [2.45, 2.75) is 10.6 Å². The highest BCUT2D eigenvalue weighted by molar-refractivity contribution is 7.84. The Morgan fingerprint density at radius 3 is 2.45 bits per heavy atom. The summed E-state index contributed by atoms with van der Waals surface area (Å²) in [5.74, 6) is -1.36. The van der Waals surface area contributed by atoms with E-state index in [1.807, 2.05) is 0 Å². The molecule has 0 aromatic heterocycles. The predicted molar refractivity (Wildman–Crippen MR) is 73.9 cm³/mol. The van der Waals surface area contributed by atoms with Crippen molar-refractivity contribution in [2.24, 2.45) is 0 Å². The lowest BCUT2D eigenvalue weighted by atomic mass is 10.2. The van der Waals surface area contributed by atoms with Crippen LogP contribution in [0.5, 0.6) is 5.75 Å². The molecular formula is C14H13F2NO2S. The van der Waals surface area contributed by atoms with Gasteiger partial charge in [-0.1, -0.05) is 6.07 Å². The maximum Gasteiger partial charge on any atom is 0.137 e. The number of nitrogens with two attached hydrogens (primary N) is 1. The number of hydrogen-bond acceptors (Lipinski definition) is 3. The van der Waals surface area contributed by atoms with Crippen molar-refractivity contribution in [3.05, 3.63) is 53.6 Å². The number of anilines is 1. The molecule has 3 nitrogen and oxygen atoms in total. The summed E-state index contributed by atoms with van der Waals surface area (Å²) < 4.78 is 44.4. The highest BCUT2D eigenvalue weighted by Crippen LogP contribution is 2.27. The molecule has 0 saturated heterocycles. The van der Waals surface area contributed by atoms with E-state index in [9.17, 15) is 13.0 Å². The average molecular weight is 297 g/mol. The van der Waals surface area contributed by atoms with E-state index in [0.29, 0.717) is 16.3 Å². The van der Waals surface area contributed by atoms with E-state index in [1.165, 1.54) is 25.3 Å². The first kappa shape index (κ1) is 14.5. The van der Waals surface area contributed by atoms with Crippen molar-refractivity contribution >= 4 is 16.5 Å². The second kappa shape index (κ2) is 6.00. The lowest BCUT2D eigenvalue weighted by Gasteiger charge is -2.10. The lowest BCUT2D eigenvalue weighted by molar-refractivity contribution is 0.404. The molecule has 6 heteroatoms. The fourth-order valence-electron chi connectivity index (χ4n) is 1.75. The Bertz CT molecular complexity index is 641. The third-order valence-electron chi connectivity index (χ3n) is 2.77. The van der Waals surface area contributed by atoms with E-state index in [-0.39, 0.29) is 11.3 Å². The average Bonchev–Trinajstić information content (AvgIpc) is 2.42. The third kappa shape index (κ3) is 2.96. The van der Waals surface area contributed by atoms with Gasteiger partial charge < -0.3 is 10.5 Å². The van der Waals surface area contributed by atoms with Gasteiger partial charge in [0, 0.05) is 17.3 Å². The molecule has 0 spiro atoms. The summed E-state index contributed by atoms with van der Waals surface area (Å²) in [6, 6.07) is 8.15. The molecule has 0 aliphatic rings. The van der Waals surface area contributed by atoms with Gasteiger partial charge in [-0.15, -0.1) is 0 Å². The number of halogens is 2. The summed E-state index contributed by atoms with van der Waals surface area (Å²) in [7, 11) is -0.219. The van der Waals surface area contributed by atoms with Crippen LogP contribution in [0.2, 0.25) is 0 Å². The molecule has 0 saturated carbocycles. The molecule has 1 atom stereocenters. The normalized spacial score (nSPS) is 12.2. The van der Waals surface area contributed by atoms with Crippen LogP contribution in [-0.4, -0.2) is 11.3 Å². The van der Waals surface area contributed by atoms with Gasteiger partial charge in [0.1, 0.15) is 17.4 Å². The van der Waals surface area contributed by atoms with E-state index < -0.39 is 22.4 Å². The first-order valence-corrected chi connectivity index (χ1v) is 7.09. The minimum absolute atomic E-state index is 0.204. The van der Waals surface area contributed by atoms with Crippen LogP contribution >= 0.6 is 0 Å². The molecule has 0 aliphatic heterocycles. The number of benzene rings is 2. The standard InChI is InChI=1S/C14H13F2NO2S/c1-19-13-7-9(17)5-6-14(13)20(18)8-10-11(15)3-2-4-12(10)16/h2-7H,8,17H2,1H3. The Morgan fingerprint density at radius 2 is 1.85 bits per heavy atom. The maximum absolute atomic E-state index is 13.5. The Balaban J connectivity index is 2.33. The van der Waals surface area contributed by atoms with E-state index >= 15 is 0 Å². The second-order valence-corrected chi connectivity index (χ2v) is 5.52. The van der Waals surface area contributed by atoms with Gasteiger partial charge in [0.2, 0.25) is 0 Å². The van der Waals surface area contributed by atoms with E-state index in [4.69, 9.17) is 10.5 Å². The Labute approximate surface area is 117 Å². The summed E-state index contributed by atoms with van der Waals surface area (Å²) in [5.41, 5.74) is 5.86. The maximum atomic E-state index is 13.5. The highest BCUT2D eigenvalue weighted by Gasteiger charge is 2.16. The summed E-state index contributed by atoms with van der Waals surface area (Å²) >= 11 is 0.